The summed E-state index contributed by atoms with van der Waals surface area (Å²) >= 11 is 5.56. The average Bonchev–Trinajstić information content (AvgIpc) is 2.19. The molecule has 7 heteroatoms. The second kappa shape index (κ2) is 9.04. The van der Waals surface area contributed by atoms with Crippen LogP contribution in [-0.2, 0) is 9.47 Å². The van der Waals surface area contributed by atoms with Gasteiger partial charge in [0.05, 0.1) is 13.2 Å². The van der Waals surface area contributed by atoms with E-state index in [2.05, 4.69) is 4.74 Å². The van der Waals surface area contributed by atoms with Crippen LogP contribution in [0.1, 0.15) is 0 Å². The van der Waals surface area contributed by atoms with Gasteiger partial charge in [0.1, 0.15) is 6.61 Å². The first-order valence-electron chi connectivity index (χ1n) is 4.91. The Kier molecular flexibility index (Phi) is 9.02. The monoisotopic (exact) mass is 263 g/mol. The Morgan fingerprint density at radius 1 is 1.12 bits per heavy atom. The summed E-state index contributed by atoms with van der Waals surface area (Å²) in [7, 11) is 1.57. The van der Waals surface area contributed by atoms with Crippen LogP contribution in [0.4, 0.5) is 13.2 Å². The fraction of sp³-hybridized carbons (Fsp3) is 1.00. The third-order valence-corrected chi connectivity index (χ3v) is 2.00. The fourth-order valence-corrected chi connectivity index (χ4v) is 1.30. The van der Waals surface area contributed by atoms with Gasteiger partial charge >= 0.3 is 6.18 Å². The van der Waals surface area contributed by atoms with Gasteiger partial charge in [-0.15, -0.1) is 11.6 Å². The summed E-state index contributed by atoms with van der Waals surface area (Å²) in [5.41, 5.74) is 0. The van der Waals surface area contributed by atoms with Gasteiger partial charge in [-0.05, 0) is 0 Å². The highest BCUT2D eigenvalue weighted by Gasteiger charge is 2.27. The second-order valence-corrected chi connectivity index (χ2v) is 3.57. The van der Waals surface area contributed by atoms with E-state index in [0.717, 1.165) is 0 Å². The Morgan fingerprint density at radius 2 is 1.75 bits per heavy atom. The van der Waals surface area contributed by atoms with Crippen LogP contribution < -0.4 is 0 Å². The minimum absolute atomic E-state index is 0.0418. The van der Waals surface area contributed by atoms with E-state index in [9.17, 15) is 13.2 Å². The van der Waals surface area contributed by atoms with Gasteiger partial charge in [0.25, 0.3) is 0 Å². The van der Waals surface area contributed by atoms with Crippen molar-refractivity contribution in [2.24, 2.45) is 0 Å². The zero-order valence-electron chi connectivity index (χ0n) is 9.23. The standard InChI is InChI=1S/C9H17ClF3NO2/c1-15-6-4-14(3-2-10)5-7-16-8-9(11,12)13/h2-8H2,1H3. The van der Waals surface area contributed by atoms with Crippen LogP contribution in [0.2, 0.25) is 0 Å². The molecule has 0 amide bonds. The molecule has 0 fully saturated rings. The third kappa shape index (κ3) is 10.5. The number of halogens is 4. The lowest BCUT2D eigenvalue weighted by molar-refractivity contribution is -0.174. The summed E-state index contributed by atoms with van der Waals surface area (Å²) in [5.74, 6) is 0.434. The molecule has 0 aromatic rings. The molecule has 16 heavy (non-hydrogen) atoms. The molecule has 3 nitrogen and oxygen atoms in total. The largest absolute Gasteiger partial charge is 0.411 e. The molecule has 0 radical (unpaired) electrons. The van der Waals surface area contributed by atoms with Gasteiger partial charge in [-0.3, -0.25) is 4.90 Å². The van der Waals surface area contributed by atoms with Gasteiger partial charge in [-0.2, -0.15) is 13.2 Å². The lowest BCUT2D eigenvalue weighted by atomic mass is 10.5. The molecule has 0 heterocycles. The third-order valence-electron chi connectivity index (χ3n) is 1.83. The minimum Gasteiger partial charge on any atom is -0.383 e. The first kappa shape index (κ1) is 16.0. The average molecular weight is 264 g/mol. The molecule has 0 aromatic heterocycles. The Hall–Kier alpha value is -0.0400. The lowest BCUT2D eigenvalue weighted by Gasteiger charge is -2.20. The summed E-state index contributed by atoms with van der Waals surface area (Å²) in [6, 6.07) is 0. The summed E-state index contributed by atoms with van der Waals surface area (Å²) in [6.07, 6.45) is -4.26. The molecule has 0 N–H and O–H groups in total. The molecule has 0 saturated heterocycles. The van der Waals surface area contributed by atoms with E-state index in [0.29, 0.717) is 32.1 Å². The second-order valence-electron chi connectivity index (χ2n) is 3.19. The number of ether oxygens (including phenoxy) is 2. The number of alkyl halides is 4. The molecule has 0 rings (SSSR count). The Balaban J connectivity index is 3.59. The van der Waals surface area contributed by atoms with Crippen molar-refractivity contribution in [2.75, 3.05) is 52.4 Å². The van der Waals surface area contributed by atoms with Crippen molar-refractivity contribution in [3.63, 3.8) is 0 Å². The number of hydrogen-bond acceptors (Lipinski definition) is 3. The highest BCUT2D eigenvalue weighted by atomic mass is 35.5. The summed E-state index contributed by atoms with van der Waals surface area (Å²) in [5, 5.41) is 0. The minimum atomic E-state index is -4.26. The van der Waals surface area contributed by atoms with Crippen LogP contribution in [-0.4, -0.2) is 63.5 Å². The van der Waals surface area contributed by atoms with Gasteiger partial charge in [0.15, 0.2) is 0 Å². The highest BCUT2D eigenvalue weighted by Crippen LogP contribution is 2.14. The molecular formula is C9H17ClF3NO2. The number of nitrogens with zero attached hydrogens (tertiary/aromatic N) is 1. The van der Waals surface area contributed by atoms with Gasteiger partial charge in [-0.25, -0.2) is 0 Å². The van der Waals surface area contributed by atoms with Gasteiger partial charge in [0.2, 0.25) is 0 Å². The van der Waals surface area contributed by atoms with E-state index < -0.39 is 12.8 Å². The van der Waals surface area contributed by atoms with Gasteiger partial charge in [-0.1, -0.05) is 0 Å². The Bertz CT molecular complexity index is 169. The summed E-state index contributed by atoms with van der Waals surface area (Å²) in [6.45, 7) is 1.04. The van der Waals surface area contributed by atoms with Crippen LogP contribution in [0, 0.1) is 0 Å². The van der Waals surface area contributed by atoms with Crippen molar-refractivity contribution in [1.29, 1.82) is 0 Å². The molecule has 0 spiro atoms. The van der Waals surface area contributed by atoms with Crippen molar-refractivity contribution in [3.05, 3.63) is 0 Å². The molecule has 0 aliphatic carbocycles. The van der Waals surface area contributed by atoms with Crippen molar-refractivity contribution in [2.45, 2.75) is 6.18 Å². The van der Waals surface area contributed by atoms with E-state index in [-0.39, 0.29) is 6.61 Å². The molecule has 0 atom stereocenters. The first-order chi connectivity index (χ1) is 7.49. The number of hydrogen-bond donors (Lipinski definition) is 0. The molecule has 0 aliphatic rings. The van der Waals surface area contributed by atoms with Gasteiger partial charge < -0.3 is 9.47 Å². The zero-order chi connectivity index (χ0) is 12.4. The molecule has 98 valence electrons. The van der Waals surface area contributed by atoms with Crippen LogP contribution in [0.5, 0.6) is 0 Å². The zero-order valence-corrected chi connectivity index (χ0v) is 9.98. The molecule has 0 aliphatic heterocycles. The van der Waals surface area contributed by atoms with Crippen LogP contribution in [0.25, 0.3) is 0 Å². The quantitative estimate of drug-likeness (QED) is 0.467. The maximum atomic E-state index is 11.8. The number of rotatable bonds is 9. The van der Waals surface area contributed by atoms with Crippen molar-refractivity contribution >= 4 is 11.6 Å². The van der Waals surface area contributed by atoms with Crippen LogP contribution >= 0.6 is 11.6 Å². The van der Waals surface area contributed by atoms with Crippen LogP contribution in [0.15, 0.2) is 0 Å². The predicted octanol–water partition coefficient (Wildman–Crippen LogP) is 1.75. The molecule has 0 saturated carbocycles. The van der Waals surface area contributed by atoms with Crippen molar-refractivity contribution in [1.82, 2.24) is 4.90 Å². The SMILES string of the molecule is COCCN(CCCl)CCOCC(F)(F)F. The van der Waals surface area contributed by atoms with E-state index in [1.807, 2.05) is 4.90 Å². The molecule has 0 bridgehead atoms. The van der Waals surface area contributed by atoms with E-state index in [1.165, 1.54) is 0 Å². The lowest BCUT2D eigenvalue weighted by Crippen LogP contribution is -2.33. The van der Waals surface area contributed by atoms with E-state index >= 15 is 0 Å². The van der Waals surface area contributed by atoms with Crippen molar-refractivity contribution in [3.8, 4) is 0 Å². The highest BCUT2D eigenvalue weighted by molar-refractivity contribution is 6.18. The fourth-order valence-electron chi connectivity index (χ4n) is 1.06. The summed E-state index contributed by atoms with van der Waals surface area (Å²) in [4.78, 5) is 1.90. The van der Waals surface area contributed by atoms with E-state index in [1.54, 1.807) is 7.11 Å². The maximum Gasteiger partial charge on any atom is 0.411 e. The maximum absolute atomic E-state index is 11.8. The summed E-state index contributed by atoms with van der Waals surface area (Å²) < 4.78 is 44.6. The Labute approximate surface area is 98.4 Å². The molecule has 0 unspecified atom stereocenters. The Morgan fingerprint density at radius 3 is 2.25 bits per heavy atom. The molecular weight excluding hydrogens is 247 g/mol. The topological polar surface area (TPSA) is 21.7 Å². The van der Waals surface area contributed by atoms with Crippen LogP contribution in [0.3, 0.4) is 0 Å². The normalized spacial score (nSPS) is 12.4. The molecule has 0 aromatic carbocycles. The van der Waals surface area contributed by atoms with Gasteiger partial charge in [0, 0.05) is 32.6 Å². The first-order valence-corrected chi connectivity index (χ1v) is 5.45. The number of methoxy groups -OCH3 is 1. The smallest absolute Gasteiger partial charge is 0.383 e. The van der Waals surface area contributed by atoms with E-state index in [4.69, 9.17) is 16.3 Å². The van der Waals surface area contributed by atoms with Crippen molar-refractivity contribution < 1.29 is 22.6 Å². The predicted molar refractivity (Wildman–Crippen MR) is 55.9 cm³/mol.